The molecule has 0 saturated carbocycles. The van der Waals surface area contributed by atoms with Gasteiger partial charge in [-0.2, -0.15) is 0 Å². The van der Waals surface area contributed by atoms with Crippen molar-refractivity contribution in [2.75, 3.05) is 0 Å². The van der Waals surface area contributed by atoms with Gasteiger partial charge in [-0.3, -0.25) is 0 Å². The van der Waals surface area contributed by atoms with E-state index in [1.807, 2.05) is 13.8 Å². The van der Waals surface area contributed by atoms with Crippen LogP contribution in [0.4, 0.5) is 0 Å². The predicted molar refractivity (Wildman–Crippen MR) is 128 cm³/mol. The molecule has 0 fully saturated rings. The first-order chi connectivity index (χ1) is 12.9. The molecule has 2 aromatic rings. The minimum atomic E-state index is 0.377. The van der Waals surface area contributed by atoms with Crippen molar-refractivity contribution in [3.63, 3.8) is 0 Å². The van der Waals surface area contributed by atoms with E-state index in [-0.39, 0.29) is 0 Å². The second kappa shape index (κ2) is 11.1. The SMILES string of the molecule is CC.CCC.Cc1ccc(C2=BC=CB2c2c(C)cc(C)cc2C)c(C)c1. The summed E-state index contributed by atoms with van der Waals surface area (Å²) in [5.41, 5.74) is 9.66. The van der Waals surface area contributed by atoms with Crippen LogP contribution in [0.3, 0.4) is 0 Å². The van der Waals surface area contributed by atoms with Crippen molar-refractivity contribution in [2.45, 2.75) is 68.7 Å². The molecule has 0 aromatic heterocycles. The fourth-order valence-electron chi connectivity index (χ4n) is 3.81. The standard InChI is InChI=1S/C20H22B2.C3H8.C2H6/c1-13-6-7-18(15(3)10-13)20-21-8-9-22(20)19-16(4)11-14(2)12-17(19)5;1-3-2;1-2/h6-12H,1-5H3;3H2,1-2H3;1-2H3. The Kier molecular flexibility index (Phi) is 9.56. The Morgan fingerprint density at radius 3 is 1.81 bits per heavy atom. The Hall–Kier alpha value is -1.82. The Balaban J connectivity index is 0.000000665. The summed E-state index contributed by atoms with van der Waals surface area (Å²) in [5, 5.41) is 1.42. The summed E-state index contributed by atoms with van der Waals surface area (Å²) < 4.78 is 0. The van der Waals surface area contributed by atoms with Gasteiger partial charge in [0.15, 0.2) is 0 Å². The second-order valence-electron chi connectivity index (χ2n) is 7.32. The topological polar surface area (TPSA) is 0 Å². The van der Waals surface area contributed by atoms with E-state index in [9.17, 15) is 0 Å². The molecule has 0 unspecified atom stereocenters. The van der Waals surface area contributed by atoms with Gasteiger partial charge in [-0.25, -0.2) is 0 Å². The monoisotopic (exact) mass is 358 g/mol. The molecule has 27 heavy (non-hydrogen) atoms. The zero-order valence-corrected chi connectivity index (χ0v) is 18.9. The molecule has 3 rings (SSSR count). The van der Waals surface area contributed by atoms with Crippen LogP contribution in [-0.4, -0.2) is 19.0 Å². The first-order valence-corrected chi connectivity index (χ1v) is 10.4. The van der Waals surface area contributed by atoms with Gasteiger partial charge >= 0.3 is 135 Å². The molecular formula is C25H36B2. The zero-order valence-electron chi connectivity index (χ0n) is 18.9. The molecule has 0 nitrogen and oxygen atoms in total. The molecule has 0 saturated heterocycles. The molecule has 1 heterocycles. The molecule has 0 bridgehead atoms. The summed E-state index contributed by atoms with van der Waals surface area (Å²) in [5.74, 6) is 4.54. The van der Waals surface area contributed by atoms with E-state index in [2.05, 4.69) is 97.7 Å². The molecule has 0 radical (unpaired) electrons. The summed E-state index contributed by atoms with van der Waals surface area (Å²) >= 11 is 0. The van der Waals surface area contributed by atoms with Crippen molar-refractivity contribution < 1.29 is 0 Å². The summed E-state index contributed by atoms with van der Waals surface area (Å²) in [4.78, 5) is 0. The molecule has 0 N–H and O–H groups in total. The van der Waals surface area contributed by atoms with E-state index < -0.39 is 0 Å². The van der Waals surface area contributed by atoms with Crippen LogP contribution in [0.1, 0.15) is 67.5 Å². The number of aryl methyl sites for hydroxylation is 5. The second-order valence-corrected chi connectivity index (χ2v) is 7.32. The Bertz CT molecular complexity index is 790. The average molecular weight is 358 g/mol. The van der Waals surface area contributed by atoms with E-state index in [0.717, 1.165) is 0 Å². The Labute approximate surface area is 169 Å². The normalized spacial score (nSPS) is 11.7. The van der Waals surface area contributed by atoms with Gasteiger partial charge in [0, 0.05) is 0 Å². The molecule has 2 aromatic carbocycles. The van der Waals surface area contributed by atoms with Gasteiger partial charge in [0.2, 0.25) is 0 Å². The summed E-state index contributed by atoms with van der Waals surface area (Å²) in [6, 6.07) is 11.4. The van der Waals surface area contributed by atoms with E-state index in [0.29, 0.717) is 6.71 Å². The zero-order chi connectivity index (χ0) is 20.6. The molecule has 142 valence electrons. The summed E-state index contributed by atoms with van der Waals surface area (Å²) in [6.45, 7) is 21.9. The third-order valence-corrected chi connectivity index (χ3v) is 4.66. The van der Waals surface area contributed by atoms with Crippen molar-refractivity contribution in [1.82, 2.24) is 0 Å². The molecular weight excluding hydrogens is 322 g/mol. The van der Waals surface area contributed by atoms with E-state index in [1.165, 1.54) is 50.6 Å². The van der Waals surface area contributed by atoms with Gasteiger partial charge in [0.25, 0.3) is 0 Å². The first-order valence-electron chi connectivity index (χ1n) is 10.4. The maximum absolute atomic E-state index is 2.33. The molecule has 1 aliphatic rings. The van der Waals surface area contributed by atoms with Crippen LogP contribution < -0.4 is 5.46 Å². The van der Waals surface area contributed by atoms with Crippen LogP contribution in [-0.2, 0) is 0 Å². The van der Waals surface area contributed by atoms with E-state index >= 15 is 0 Å². The van der Waals surface area contributed by atoms with Crippen LogP contribution >= 0.6 is 0 Å². The van der Waals surface area contributed by atoms with Crippen molar-refractivity contribution in [1.29, 1.82) is 0 Å². The third kappa shape index (κ3) is 5.83. The van der Waals surface area contributed by atoms with E-state index in [1.54, 1.807) is 0 Å². The number of hydrogen-bond donors (Lipinski definition) is 0. The molecule has 0 atom stereocenters. The van der Waals surface area contributed by atoms with Crippen LogP contribution in [0, 0.1) is 34.6 Å². The van der Waals surface area contributed by atoms with Crippen LogP contribution in [0.2, 0.25) is 0 Å². The molecule has 1 aliphatic heterocycles. The van der Waals surface area contributed by atoms with Crippen molar-refractivity contribution in [3.05, 3.63) is 75.7 Å². The molecule has 2 heteroatoms. The minimum absolute atomic E-state index is 0.377. The molecule has 0 spiro atoms. The summed E-state index contributed by atoms with van der Waals surface area (Å²) in [6.07, 6.45) is 1.25. The Morgan fingerprint density at radius 1 is 0.778 bits per heavy atom. The van der Waals surface area contributed by atoms with E-state index in [4.69, 9.17) is 0 Å². The van der Waals surface area contributed by atoms with Crippen molar-refractivity contribution >= 4 is 24.5 Å². The van der Waals surface area contributed by atoms with Crippen LogP contribution in [0.5, 0.6) is 0 Å². The third-order valence-electron chi connectivity index (χ3n) is 4.66. The average Bonchev–Trinajstić information content (AvgIpc) is 3.05. The number of hydrogen-bond acceptors (Lipinski definition) is 0. The molecule has 0 amide bonds. The van der Waals surface area contributed by atoms with Gasteiger partial charge in [-0.05, 0) is 0 Å². The fraction of sp³-hybridized carbons (Fsp3) is 0.400. The first kappa shape index (κ1) is 23.2. The van der Waals surface area contributed by atoms with Gasteiger partial charge in [0.1, 0.15) is 0 Å². The number of rotatable bonds is 2. The van der Waals surface area contributed by atoms with Crippen molar-refractivity contribution in [3.8, 4) is 0 Å². The molecule has 0 aliphatic carbocycles. The van der Waals surface area contributed by atoms with Gasteiger partial charge in [-0.1, -0.05) is 34.1 Å². The number of benzene rings is 2. The van der Waals surface area contributed by atoms with Gasteiger partial charge in [-0.15, -0.1) is 0 Å². The van der Waals surface area contributed by atoms with Crippen LogP contribution in [0.25, 0.3) is 0 Å². The maximum atomic E-state index is 2.33. The fourth-order valence-corrected chi connectivity index (χ4v) is 3.81. The quantitative estimate of drug-likeness (QED) is 0.586. The Morgan fingerprint density at radius 2 is 1.30 bits per heavy atom. The summed E-state index contributed by atoms with van der Waals surface area (Å²) in [7, 11) is 0. The predicted octanol–water partition coefficient (Wildman–Crippen LogP) is 5.90. The van der Waals surface area contributed by atoms with Gasteiger partial charge < -0.3 is 0 Å². The van der Waals surface area contributed by atoms with Crippen molar-refractivity contribution in [2.24, 2.45) is 0 Å². The van der Waals surface area contributed by atoms with Gasteiger partial charge in [0.05, 0.1) is 0 Å². The van der Waals surface area contributed by atoms with Crippen LogP contribution in [0.15, 0.2) is 42.3 Å².